The molecule has 96 valence electrons. The van der Waals surface area contributed by atoms with E-state index in [0.29, 0.717) is 0 Å². The minimum atomic E-state index is 0.821. The molecule has 4 nitrogen and oxygen atoms in total. The molecule has 1 heterocycles. The lowest BCUT2D eigenvalue weighted by molar-refractivity contribution is 0.414. The Morgan fingerprint density at radius 2 is 2.22 bits per heavy atom. The van der Waals surface area contributed by atoms with Crippen molar-refractivity contribution in [3.05, 3.63) is 34.6 Å². The number of anilines is 1. The summed E-state index contributed by atoms with van der Waals surface area (Å²) in [5.74, 6) is 1.66. The highest BCUT2D eigenvalue weighted by Crippen LogP contribution is 2.28. The van der Waals surface area contributed by atoms with Crippen molar-refractivity contribution in [2.24, 2.45) is 0 Å². The van der Waals surface area contributed by atoms with Gasteiger partial charge in [-0.05, 0) is 41.9 Å². The molecule has 0 saturated carbocycles. The SMILES string of the molecule is CCNc1nc(C)cn1-c1cc(OC)ccc1Br. The summed E-state index contributed by atoms with van der Waals surface area (Å²) >= 11 is 3.56. The molecule has 1 N–H and O–H groups in total. The number of benzene rings is 1. The van der Waals surface area contributed by atoms with Gasteiger partial charge >= 0.3 is 0 Å². The Hall–Kier alpha value is -1.49. The van der Waals surface area contributed by atoms with E-state index in [2.05, 4.69) is 33.2 Å². The molecule has 1 aromatic heterocycles. The fourth-order valence-corrected chi connectivity index (χ4v) is 2.21. The van der Waals surface area contributed by atoms with Gasteiger partial charge in [0.1, 0.15) is 5.75 Å². The van der Waals surface area contributed by atoms with Crippen LogP contribution < -0.4 is 10.1 Å². The van der Waals surface area contributed by atoms with E-state index in [1.165, 1.54) is 0 Å². The molecule has 0 amide bonds. The summed E-state index contributed by atoms with van der Waals surface area (Å²) < 4.78 is 8.28. The third-order valence-electron chi connectivity index (χ3n) is 2.57. The minimum absolute atomic E-state index is 0.821. The molecule has 0 spiro atoms. The van der Waals surface area contributed by atoms with Crippen LogP contribution in [0.2, 0.25) is 0 Å². The molecular formula is C13H16BrN3O. The Morgan fingerprint density at radius 3 is 2.89 bits per heavy atom. The fraction of sp³-hybridized carbons (Fsp3) is 0.308. The number of hydrogen-bond donors (Lipinski definition) is 1. The molecule has 18 heavy (non-hydrogen) atoms. The number of imidazole rings is 1. The third-order valence-corrected chi connectivity index (χ3v) is 3.24. The van der Waals surface area contributed by atoms with E-state index in [1.54, 1.807) is 7.11 Å². The van der Waals surface area contributed by atoms with Gasteiger partial charge in [0, 0.05) is 23.3 Å². The Kier molecular flexibility index (Phi) is 3.91. The van der Waals surface area contributed by atoms with Crippen LogP contribution in [0.4, 0.5) is 5.95 Å². The smallest absolute Gasteiger partial charge is 0.207 e. The number of nitrogens with one attached hydrogen (secondary N) is 1. The van der Waals surface area contributed by atoms with E-state index in [-0.39, 0.29) is 0 Å². The van der Waals surface area contributed by atoms with Gasteiger partial charge in [-0.25, -0.2) is 4.98 Å². The van der Waals surface area contributed by atoms with Crippen LogP contribution in [0.5, 0.6) is 5.75 Å². The molecule has 0 radical (unpaired) electrons. The zero-order valence-corrected chi connectivity index (χ0v) is 12.3. The minimum Gasteiger partial charge on any atom is -0.497 e. The van der Waals surface area contributed by atoms with Crippen LogP contribution >= 0.6 is 15.9 Å². The summed E-state index contributed by atoms with van der Waals surface area (Å²) in [4.78, 5) is 4.46. The standard InChI is InChI=1S/C13H16BrN3O/c1-4-15-13-16-9(2)8-17(13)12-7-10(18-3)5-6-11(12)14/h5-8H,4H2,1-3H3,(H,15,16). The lowest BCUT2D eigenvalue weighted by atomic mass is 10.3. The fourth-order valence-electron chi connectivity index (χ4n) is 1.77. The van der Waals surface area contributed by atoms with Gasteiger partial charge in [0.05, 0.1) is 18.5 Å². The van der Waals surface area contributed by atoms with Crippen LogP contribution in [0.15, 0.2) is 28.9 Å². The Morgan fingerprint density at radius 1 is 1.44 bits per heavy atom. The molecule has 0 aliphatic heterocycles. The summed E-state index contributed by atoms with van der Waals surface area (Å²) in [6, 6.07) is 5.87. The van der Waals surface area contributed by atoms with Crippen LogP contribution in [0.1, 0.15) is 12.6 Å². The number of halogens is 1. The van der Waals surface area contributed by atoms with Crippen molar-refractivity contribution in [1.82, 2.24) is 9.55 Å². The first-order valence-electron chi connectivity index (χ1n) is 5.79. The Labute approximate surface area is 115 Å². The second kappa shape index (κ2) is 5.44. The molecule has 1 aromatic carbocycles. The quantitative estimate of drug-likeness (QED) is 0.941. The highest BCUT2D eigenvalue weighted by molar-refractivity contribution is 9.10. The Balaban J connectivity index is 2.53. The molecule has 0 atom stereocenters. The van der Waals surface area contributed by atoms with Gasteiger partial charge in [0.2, 0.25) is 5.95 Å². The van der Waals surface area contributed by atoms with E-state index < -0.39 is 0 Å². The zero-order valence-electron chi connectivity index (χ0n) is 10.7. The maximum Gasteiger partial charge on any atom is 0.207 e. The topological polar surface area (TPSA) is 39.1 Å². The molecule has 2 aromatic rings. The van der Waals surface area contributed by atoms with Gasteiger partial charge in [0.15, 0.2) is 0 Å². The highest BCUT2D eigenvalue weighted by atomic mass is 79.9. The molecule has 0 saturated heterocycles. The summed E-state index contributed by atoms with van der Waals surface area (Å²) in [6.07, 6.45) is 2.00. The number of rotatable bonds is 4. The average molecular weight is 310 g/mol. The lowest BCUT2D eigenvalue weighted by Crippen LogP contribution is -2.05. The molecule has 5 heteroatoms. The second-order valence-electron chi connectivity index (χ2n) is 3.92. The van der Waals surface area contributed by atoms with E-state index in [4.69, 9.17) is 4.74 Å². The van der Waals surface area contributed by atoms with Gasteiger partial charge in [-0.1, -0.05) is 0 Å². The molecule has 0 unspecified atom stereocenters. The molecule has 0 aliphatic rings. The van der Waals surface area contributed by atoms with Gasteiger partial charge in [-0.3, -0.25) is 4.57 Å². The van der Waals surface area contributed by atoms with Crippen LogP contribution in [0, 0.1) is 6.92 Å². The number of aromatic nitrogens is 2. The van der Waals surface area contributed by atoms with Gasteiger partial charge in [-0.2, -0.15) is 0 Å². The number of hydrogen-bond acceptors (Lipinski definition) is 3. The summed E-state index contributed by atoms with van der Waals surface area (Å²) in [5.41, 5.74) is 1.98. The van der Waals surface area contributed by atoms with Crippen molar-refractivity contribution >= 4 is 21.9 Å². The first-order valence-corrected chi connectivity index (χ1v) is 6.58. The molecule has 0 fully saturated rings. The predicted molar refractivity (Wildman–Crippen MR) is 76.7 cm³/mol. The van der Waals surface area contributed by atoms with Crippen LogP contribution in [0.3, 0.4) is 0 Å². The van der Waals surface area contributed by atoms with Crippen LogP contribution in [-0.4, -0.2) is 23.2 Å². The van der Waals surface area contributed by atoms with Gasteiger partial charge in [0.25, 0.3) is 0 Å². The van der Waals surface area contributed by atoms with E-state index in [0.717, 1.165) is 34.1 Å². The zero-order chi connectivity index (χ0) is 13.1. The van der Waals surface area contributed by atoms with Crippen molar-refractivity contribution in [2.75, 3.05) is 19.0 Å². The number of ether oxygens (including phenoxy) is 1. The largest absolute Gasteiger partial charge is 0.497 e. The van der Waals surface area contributed by atoms with Crippen molar-refractivity contribution in [1.29, 1.82) is 0 Å². The van der Waals surface area contributed by atoms with E-state index in [9.17, 15) is 0 Å². The van der Waals surface area contributed by atoms with Crippen molar-refractivity contribution in [3.8, 4) is 11.4 Å². The highest BCUT2D eigenvalue weighted by Gasteiger charge is 2.10. The van der Waals surface area contributed by atoms with E-state index >= 15 is 0 Å². The average Bonchev–Trinajstić information content (AvgIpc) is 2.71. The molecule has 2 rings (SSSR count). The predicted octanol–water partition coefficient (Wildman–Crippen LogP) is 3.38. The summed E-state index contributed by atoms with van der Waals surface area (Å²) in [5, 5.41) is 3.25. The first-order chi connectivity index (χ1) is 8.65. The monoisotopic (exact) mass is 309 g/mol. The van der Waals surface area contributed by atoms with E-state index in [1.807, 2.05) is 35.9 Å². The number of nitrogens with zero attached hydrogens (tertiary/aromatic N) is 2. The van der Waals surface area contributed by atoms with Crippen molar-refractivity contribution in [2.45, 2.75) is 13.8 Å². The molecule has 0 bridgehead atoms. The Bertz CT molecular complexity index is 551. The van der Waals surface area contributed by atoms with Crippen molar-refractivity contribution in [3.63, 3.8) is 0 Å². The molecular weight excluding hydrogens is 294 g/mol. The third kappa shape index (κ3) is 2.51. The summed E-state index contributed by atoms with van der Waals surface area (Å²) in [6.45, 7) is 4.86. The second-order valence-corrected chi connectivity index (χ2v) is 4.78. The van der Waals surface area contributed by atoms with Crippen LogP contribution in [0.25, 0.3) is 5.69 Å². The first kappa shape index (κ1) is 13.0. The lowest BCUT2D eigenvalue weighted by Gasteiger charge is -2.11. The van der Waals surface area contributed by atoms with Gasteiger partial charge in [-0.15, -0.1) is 0 Å². The van der Waals surface area contributed by atoms with Crippen LogP contribution in [-0.2, 0) is 0 Å². The maximum atomic E-state index is 5.26. The molecule has 0 aliphatic carbocycles. The van der Waals surface area contributed by atoms with Crippen molar-refractivity contribution < 1.29 is 4.74 Å². The number of aryl methyl sites for hydroxylation is 1. The normalized spacial score (nSPS) is 10.4. The number of methoxy groups -OCH3 is 1. The summed E-state index contributed by atoms with van der Waals surface area (Å²) in [7, 11) is 1.66. The van der Waals surface area contributed by atoms with Gasteiger partial charge < -0.3 is 10.1 Å². The maximum absolute atomic E-state index is 5.26.